The number of H-pyrrole nitrogens is 1. The molecule has 0 fully saturated rings. The van der Waals surface area contributed by atoms with E-state index in [0.717, 1.165) is 23.4 Å². The number of nitrogens with zero attached hydrogens (tertiary/aromatic N) is 3. The average Bonchev–Trinajstić information content (AvgIpc) is 2.83. The van der Waals surface area contributed by atoms with Crippen LogP contribution in [-0.2, 0) is 13.0 Å². The minimum Gasteiger partial charge on any atom is -0.334 e. The summed E-state index contributed by atoms with van der Waals surface area (Å²) in [5, 5.41) is 6.82. The third-order valence-corrected chi connectivity index (χ3v) is 3.00. The highest BCUT2D eigenvalue weighted by Gasteiger charge is 2.16. The molecule has 5 heteroatoms. The van der Waals surface area contributed by atoms with Crippen molar-refractivity contribution >= 4 is 5.91 Å². The van der Waals surface area contributed by atoms with Crippen LogP contribution in [0.15, 0.2) is 24.3 Å². The maximum atomic E-state index is 12.4. The summed E-state index contributed by atoms with van der Waals surface area (Å²) in [5.74, 6) is 1.38. The van der Waals surface area contributed by atoms with Gasteiger partial charge in [-0.05, 0) is 25.0 Å². The van der Waals surface area contributed by atoms with E-state index in [4.69, 9.17) is 0 Å². The molecule has 0 spiro atoms. The summed E-state index contributed by atoms with van der Waals surface area (Å²) in [7, 11) is 1.76. The number of benzene rings is 1. The largest absolute Gasteiger partial charge is 0.334 e. The van der Waals surface area contributed by atoms with Crippen molar-refractivity contribution in [2.24, 2.45) is 0 Å². The minimum absolute atomic E-state index is 0.0000898. The Hall–Kier alpha value is -2.17. The van der Waals surface area contributed by atoms with Gasteiger partial charge in [0.25, 0.3) is 5.91 Å². The van der Waals surface area contributed by atoms with Crippen LogP contribution in [0, 0.1) is 6.92 Å². The van der Waals surface area contributed by atoms with Crippen LogP contribution in [0.2, 0.25) is 0 Å². The summed E-state index contributed by atoms with van der Waals surface area (Å²) in [6.45, 7) is 4.29. The molecule has 1 N–H and O–H groups in total. The Balaban J connectivity index is 2.14. The third kappa shape index (κ3) is 2.99. The Morgan fingerprint density at radius 3 is 2.74 bits per heavy atom. The van der Waals surface area contributed by atoms with Gasteiger partial charge in [0, 0.05) is 12.6 Å². The number of nitrogens with one attached hydrogen (secondary N) is 1. The molecule has 1 amide bonds. The maximum Gasteiger partial charge on any atom is 0.254 e. The van der Waals surface area contributed by atoms with Gasteiger partial charge in [0.1, 0.15) is 5.82 Å². The van der Waals surface area contributed by atoms with E-state index < -0.39 is 0 Å². The molecule has 0 unspecified atom stereocenters. The molecule has 0 saturated carbocycles. The second-order valence-electron chi connectivity index (χ2n) is 4.51. The van der Waals surface area contributed by atoms with Gasteiger partial charge in [0.15, 0.2) is 5.82 Å². The zero-order valence-corrected chi connectivity index (χ0v) is 11.5. The average molecular weight is 258 g/mol. The summed E-state index contributed by atoms with van der Waals surface area (Å²) >= 11 is 0. The van der Waals surface area contributed by atoms with Crippen LogP contribution in [0.3, 0.4) is 0 Å². The summed E-state index contributed by atoms with van der Waals surface area (Å²) in [6, 6.07) is 7.68. The fraction of sp³-hybridized carbons (Fsp3) is 0.357. The van der Waals surface area contributed by atoms with Crippen LogP contribution < -0.4 is 0 Å². The Labute approximate surface area is 112 Å². The molecule has 0 atom stereocenters. The summed E-state index contributed by atoms with van der Waals surface area (Å²) in [6.07, 6.45) is 0.843. The van der Waals surface area contributed by atoms with Crippen molar-refractivity contribution in [1.29, 1.82) is 0 Å². The first-order chi connectivity index (χ1) is 9.11. The Kier molecular flexibility index (Phi) is 3.94. The van der Waals surface area contributed by atoms with E-state index in [1.807, 2.05) is 38.1 Å². The van der Waals surface area contributed by atoms with Crippen molar-refractivity contribution in [2.75, 3.05) is 7.05 Å². The molecule has 19 heavy (non-hydrogen) atoms. The van der Waals surface area contributed by atoms with Gasteiger partial charge in [-0.25, -0.2) is 4.98 Å². The van der Waals surface area contributed by atoms with Crippen LogP contribution in [0.5, 0.6) is 0 Å². The first-order valence-corrected chi connectivity index (χ1v) is 6.33. The lowest BCUT2D eigenvalue weighted by Gasteiger charge is -2.17. The predicted octanol–water partition coefficient (Wildman–Crippen LogP) is 1.95. The molecule has 5 nitrogen and oxygen atoms in total. The number of hydrogen-bond acceptors (Lipinski definition) is 3. The van der Waals surface area contributed by atoms with Crippen molar-refractivity contribution < 1.29 is 4.79 Å². The van der Waals surface area contributed by atoms with E-state index in [-0.39, 0.29) is 5.91 Å². The fourth-order valence-corrected chi connectivity index (χ4v) is 1.99. The molecule has 0 aliphatic carbocycles. The lowest BCUT2D eigenvalue weighted by atomic mass is 10.0. The number of amides is 1. The highest BCUT2D eigenvalue weighted by molar-refractivity contribution is 5.95. The third-order valence-electron chi connectivity index (χ3n) is 3.00. The number of aryl methyl sites for hydroxylation is 2. The number of hydrogen-bond donors (Lipinski definition) is 1. The minimum atomic E-state index is -0.0000898. The molecule has 0 bridgehead atoms. The number of rotatable bonds is 4. The van der Waals surface area contributed by atoms with E-state index in [9.17, 15) is 4.79 Å². The van der Waals surface area contributed by atoms with Crippen LogP contribution in [0.1, 0.15) is 34.5 Å². The van der Waals surface area contributed by atoms with Crippen LogP contribution >= 0.6 is 0 Å². The molecule has 1 aromatic carbocycles. The molecule has 1 heterocycles. The van der Waals surface area contributed by atoms with Gasteiger partial charge in [0.2, 0.25) is 0 Å². The van der Waals surface area contributed by atoms with E-state index >= 15 is 0 Å². The van der Waals surface area contributed by atoms with E-state index in [2.05, 4.69) is 15.2 Å². The molecule has 0 saturated heterocycles. The van der Waals surface area contributed by atoms with E-state index in [1.165, 1.54) is 0 Å². The highest BCUT2D eigenvalue weighted by Crippen LogP contribution is 2.12. The van der Waals surface area contributed by atoms with Gasteiger partial charge in [-0.1, -0.05) is 25.1 Å². The summed E-state index contributed by atoms with van der Waals surface area (Å²) in [4.78, 5) is 18.2. The SMILES string of the molecule is CCc1ccccc1C(=O)N(C)Cc1n[nH]c(C)n1. The zero-order valence-electron chi connectivity index (χ0n) is 11.5. The Bertz CT molecular complexity index is 576. The van der Waals surface area contributed by atoms with Crippen molar-refractivity contribution in [3.8, 4) is 0 Å². The van der Waals surface area contributed by atoms with Crippen LogP contribution in [0.25, 0.3) is 0 Å². The Morgan fingerprint density at radius 1 is 1.37 bits per heavy atom. The lowest BCUT2D eigenvalue weighted by molar-refractivity contribution is 0.0780. The monoisotopic (exact) mass is 258 g/mol. The highest BCUT2D eigenvalue weighted by atomic mass is 16.2. The topological polar surface area (TPSA) is 61.9 Å². The lowest BCUT2D eigenvalue weighted by Crippen LogP contribution is -2.27. The van der Waals surface area contributed by atoms with Crippen molar-refractivity contribution in [2.45, 2.75) is 26.8 Å². The van der Waals surface area contributed by atoms with Gasteiger partial charge in [-0.3, -0.25) is 9.89 Å². The molecule has 0 aliphatic heterocycles. The van der Waals surface area contributed by atoms with Gasteiger partial charge in [-0.2, -0.15) is 5.10 Å². The molecule has 2 aromatic rings. The van der Waals surface area contributed by atoms with E-state index in [0.29, 0.717) is 12.4 Å². The smallest absolute Gasteiger partial charge is 0.254 e. The zero-order chi connectivity index (χ0) is 13.8. The number of carbonyl (C=O) groups excluding carboxylic acids is 1. The predicted molar refractivity (Wildman–Crippen MR) is 72.7 cm³/mol. The standard InChI is InChI=1S/C14H18N4O/c1-4-11-7-5-6-8-12(11)14(19)18(3)9-13-15-10(2)16-17-13/h5-8H,4,9H2,1-3H3,(H,15,16,17). The van der Waals surface area contributed by atoms with Crippen LogP contribution in [0.4, 0.5) is 0 Å². The van der Waals surface area contributed by atoms with Crippen molar-refractivity contribution in [3.05, 3.63) is 47.0 Å². The van der Waals surface area contributed by atoms with E-state index in [1.54, 1.807) is 11.9 Å². The van der Waals surface area contributed by atoms with Crippen molar-refractivity contribution in [3.63, 3.8) is 0 Å². The molecule has 2 rings (SSSR count). The second-order valence-corrected chi connectivity index (χ2v) is 4.51. The number of aromatic amines is 1. The molecule has 0 aliphatic rings. The Morgan fingerprint density at radius 2 is 2.11 bits per heavy atom. The maximum absolute atomic E-state index is 12.4. The molecule has 1 aromatic heterocycles. The van der Waals surface area contributed by atoms with Crippen molar-refractivity contribution in [1.82, 2.24) is 20.1 Å². The molecular weight excluding hydrogens is 240 g/mol. The summed E-state index contributed by atoms with van der Waals surface area (Å²) < 4.78 is 0. The molecule has 0 radical (unpaired) electrons. The first kappa shape index (κ1) is 13.3. The van der Waals surface area contributed by atoms with Crippen LogP contribution in [-0.4, -0.2) is 33.0 Å². The molecular formula is C14H18N4O. The normalized spacial score (nSPS) is 10.5. The van der Waals surface area contributed by atoms with Gasteiger partial charge in [0.05, 0.1) is 6.54 Å². The number of carbonyl (C=O) groups is 1. The van der Waals surface area contributed by atoms with Gasteiger partial charge >= 0.3 is 0 Å². The summed E-state index contributed by atoms with van der Waals surface area (Å²) in [5.41, 5.74) is 1.81. The second kappa shape index (κ2) is 5.65. The molecule has 100 valence electrons. The first-order valence-electron chi connectivity index (χ1n) is 6.33. The quantitative estimate of drug-likeness (QED) is 0.911. The fourth-order valence-electron chi connectivity index (χ4n) is 1.99. The number of aromatic nitrogens is 3. The van der Waals surface area contributed by atoms with Gasteiger partial charge < -0.3 is 4.90 Å². The van der Waals surface area contributed by atoms with Gasteiger partial charge in [-0.15, -0.1) is 0 Å².